The molecular weight excluding hydrogens is 406 g/mol. The number of hydrogen-bond donors (Lipinski definition) is 2. The smallest absolute Gasteiger partial charge is 0.263 e. The van der Waals surface area contributed by atoms with Crippen LogP contribution in [0.25, 0.3) is 4.85 Å². The summed E-state index contributed by atoms with van der Waals surface area (Å²) in [6.07, 6.45) is 5.90. The molecule has 0 aromatic heterocycles. The molecule has 2 N–H and O–H groups in total. The fraction of sp³-hybridized carbons (Fsp3) is 0.636. The van der Waals surface area contributed by atoms with E-state index in [-0.39, 0.29) is 18.5 Å². The van der Waals surface area contributed by atoms with Gasteiger partial charge in [-0.3, -0.25) is 14.9 Å². The predicted octanol–water partition coefficient (Wildman–Crippen LogP) is 3.93. The summed E-state index contributed by atoms with van der Waals surface area (Å²) in [4.78, 5) is 18.1. The van der Waals surface area contributed by atoms with E-state index >= 15 is 0 Å². The van der Waals surface area contributed by atoms with Gasteiger partial charge in [0.25, 0.3) is 11.4 Å². The molecule has 1 aliphatic carbocycles. The average molecular weight is 438 g/mol. The number of likely N-dealkylation sites (tertiary alicyclic amines) is 1. The molecule has 1 saturated heterocycles. The van der Waals surface area contributed by atoms with Crippen LogP contribution in [0.5, 0.6) is 11.5 Å². The first kappa shape index (κ1) is 24.3. The van der Waals surface area contributed by atoms with E-state index in [2.05, 4.69) is 4.85 Å². The quantitative estimate of drug-likeness (QED) is 0.400. The molecule has 1 aromatic rings. The summed E-state index contributed by atoms with van der Waals surface area (Å²) >= 11 is 0. The first-order valence-electron chi connectivity index (χ1n) is 10.3. The lowest BCUT2D eigenvalue weighted by atomic mass is 9.80. The van der Waals surface area contributed by atoms with Crippen molar-refractivity contribution in [1.29, 1.82) is 0 Å². The van der Waals surface area contributed by atoms with E-state index in [9.17, 15) is 4.79 Å². The molecule has 1 aliphatic heterocycles. The maximum absolute atomic E-state index is 12.0. The predicted molar refractivity (Wildman–Crippen MR) is 116 cm³/mol. The minimum atomic E-state index is -0.834. The minimum absolute atomic E-state index is 0. The number of piperidine rings is 1. The summed E-state index contributed by atoms with van der Waals surface area (Å²) in [7, 11) is 1.63. The number of hydrogen-bond acceptors (Lipinski definition) is 5. The number of hydroxylamine groups is 1. The van der Waals surface area contributed by atoms with Crippen LogP contribution in [0, 0.1) is 6.57 Å². The van der Waals surface area contributed by atoms with E-state index in [0.29, 0.717) is 37.4 Å². The second kappa shape index (κ2) is 9.86. The molecular formula is C22H32ClN3O4. The molecule has 0 unspecified atom stereocenters. The van der Waals surface area contributed by atoms with Crippen molar-refractivity contribution in [3.63, 3.8) is 0 Å². The average Bonchev–Trinajstić information content (AvgIpc) is 3.26. The minimum Gasteiger partial charge on any atom is -0.493 e. The van der Waals surface area contributed by atoms with Gasteiger partial charge in [0.05, 0.1) is 18.8 Å². The van der Waals surface area contributed by atoms with Gasteiger partial charge < -0.3 is 14.3 Å². The second-order valence-electron chi connectivity index (χ2n) is 8.52. The van der Waals surface area contributed by atoms with Gasteiger partial charge in [-0.2, -0.15) is 0 Å². The Morgan fingerprint density at radius 1 is 1.27 bits per heavy atom. The maximum atomic E-state index is 12.0. The molecule has 166 valence electrons. The lowest BCUT2D eigenvalue weighted by molar-refractivity contribution is -0.141. The van der Waals surface area contributed by atoms with Gasteiger partial charge in [-0.25, -0.2) is 12.1 Å². The van der Waals surface area contributed by atoms with Gasteiger partial charge in [-0.15, -0.1) is 12.4 Å². The van der Waals surface area contributed by atoms with Crippen LogP contribution in [0.4, 0.5) is 0 Å². The molecule has 30 heavy (non-hydrogen) atoms. The number of amides is 1. The van der Waals surface area contributed by atoms with Crippen LogP contribution in [0.15, 0.2) is 18.2 Å². The number of carbonyl (C=O) groups excluding carboxylic acids is 1. The number of ether oxygens (including phenoxy) is 2. The van der Waals surface area contributed by atoms with Crippen molar-refractivity contribution >= 4 is 18.3 Å². The summed E-state index contributed by atoms with van der Waals surface area (Å²) in [5.41, 5.74) is 1.20. The molecule has 1 amide bonds. The third kappa shape index (κ3) is 4.66. The summed E-state index contributed by atoms with van der Waals surface area (Å²) < 4.78 is 11.7. The molecule has 3 rings (SSSR count). The number of methoxy groups -OCH3 is 1. The van der Waals surface area contributed by atoms with Crippen molar-refractivity contribution in [2.24, 2.45) is 0 Å². The van der Waals surface area contributed by atoms with Crippen LogP contribution < -0.4 is 15.0 Å². The maximum Gasteiger partial charge on any atom is 0.263 e. The fourth-order valence-corrected chi connectivity index (χ4v) is 4.43. The van der Waals surface area contributed by atoms with Crippen LogP contribution in [0.2, 0.25) is 0 Å². The highest BCUT2D eigenvalue weighted by Gasteiger charge is 2.47. The van der Waals surface area contributed by atoms with E-state index in [1.165, 1.54) is 12.8 Å². The van der Waals surface area contributed by atoms with Gasteiger partial charge >= 0.3 is 0 Å². The Kier molecular flexibility index (Phi) is 7.98. The van der Waals surface area contributed by atoms with E-state index in [4.69, 9.17) is 21.3 Å². The van der Waals surface area contributed by atoms with E-state index in [1.54, 1.807) is 26.4 Å². The molecule has 0 spiro atoms. The molecule has 0 radical (unpaired) electrons. The van der Waals surface area contributed by atoms with Crippen LogP contribution in [-0.4, -0.2) is 47.9 Å². The number of nitrogens with one attached hydrogen (secondary N) is 1. The van der Waals surface area contributed by atoms with E-state index < -0.39 is 17.0 Å². The summed E-state index contributed by atoms with van der Waals surface area (Å²) in [5.74, 6) is 0.964. The van der Waals surface area contributed by atoms with Gasteiger partial charge in [0, 0.05) is 31.5 Å². The molecule has 1 saturated carbocycles. The van der Waals surface area contributed by atoms with Crippen molar-refractivity contribution in [3.05, 3.63) is 35.2 Å². The lowest BCUT2D eigenvalue weighted by Crippen LogP contribution is -2.58. The summed E-state index contributed by atoms with van der Waals surface area (Å²) in [6.45, 7) is 12.7. The SMILES string of the molecule is Cl.[C-]#[N+]C1(c2ccc(OC)c(OC3CCCC3)c2)CCN(C(C)(C)C(=O)NO)CC1. The van der Waals surface area contributed by atoms with Crippen molar-refractivity contribution in [3.8, 4) is 11.5 Å². The Morgan fingerprint density at radius 3 is 2.43 bits per heavy atom. The van der Waals surface area contributed by atoms with E-state index in [1.807, 2.05) is 23.1 Å². The number of carbonyl (C=O) groups is 1. The molecule has 0 atom stereocenters. The topological polar surface area (TPSA) is 75.4 Å². The number of benzene rings is 1. The second-order valence-corrected chi connectivity index (χ2v) is 8.52. The lowest BCUT2D eigenvalue weighted by Gasteiger charge is -2.42. The van der Waals surface area contributed by atoms with Crippen LogP contribution >= 0.6 is 12.4 Å². The Morgan fingerprint density at radius 2 is 1.90 bits per heavy atom. The highest BCUT2D eigenvalue weighted by Crippen LogP contribution is 2.42. The number of halogens is 1. The highest BCUT2D eigenvalue weighted by atomic mass is 35.5. The van der Waals surface area contributed by atoms with Crippen LogP contribution in [0.3, 0.4) is 0 Å². The Labute approximate surface area is 184 Å². The van der Waals surface area contributed by atoms with Gasteiger partial charge in [0.15, 0.2) is 11.5 Å². The van der Waals surface area contributed by atoms with Crippen LogP contribution in [-0.2, 0) is 10.3 Å². The monoisotopic (exact) mass is 437 g/mol. The molecule has 0 bridgehead atoms. The zero-order valence-electron chi connectivity index (χ0n) is 17.9. The zero-order valence-corrected chi connectivity index (χ0v) is 18.8. The standard InChI is InChI=1S/C22H31N3O4.ClH/c1-21(2,20(26)24-27)25-13-11-22(23-3,12-14-25)16-9-10-18(28-4)19(15-16)29-17-7-5-6-8-17;/h9-10,15,17,27H,5-8,11-14H2,1-2,4H3,(H,24,26);1H. The Bertz CT molecular complexity index is 779. The zero-order chi connectivity index (χ0) is 21.1. The summed E-state index contributed by atoms with van der Waals surface area (Å²) in [6, 6.07) is 5.82. The molecule has 1 aromatic carbocycles. The van der Waals surface area contributed by atoms with Crippen molar-refractivity contribution in [1.82, 2.24) is 10.4 Å². The fourth-order valence-electron chi connectivity index (χ4n) is 4.43. The number of rotatable bonds is 6. The van der Waals surface area contributed by atoms with Gasteiger partial charge in [0.1, 0.15) is 0 Å². The first-order chi connectivity index (χ1) is 13.9. The molecule has 2 fully saturated rings. The highest BCUT2D eigenvalue weighted by molar-refractivity contribution is 5.85. The van der Waals surface area contributed by atoms with Crippen molar-refractivity contribution < 1.29 is 19.5 Å². The molecule has 1 heterocycles. The largest absolute Gasteiger partial charge is 0.493 e. The molecule has 2 aliphatic rings. The third-order valence-electron chi connectivity index (χ3n) is 6.55. The third-order valence-corrected chi connectivity index (χ3v) is 6.55. The van der Waals surface area contributed by atoms with Gasteiger partial charge in [0.2, 0.25) is 0 Å². The molecule has 8 heteroatoms. The summed E-state index contributed by atoms with van der Waals surface area (Å²) in [5, 5.41) is 9.02. The van der Waals surface area contributed by atoms with Gasteiger partial charge in [-0.05, 0) is 57.7 Å². The van der Waals surface area contributed by atoms with Gasteiger partial charge in [-0.1, -0.05) is 0 Å². The molecule has 7 nitrogen and oxygen atoms in total. The Balaban J connectivity index is 0.00000320. The normalized spacial score (nSPS) is 19.4. The van der Waals surface area contributed by atoms with Crippen molar-refractivity contribution in [2.75, 3.05) is 20.2 Å². The Hall–Kier alpha value is -2.01. The van der Waals surface area contributed by atoms with Crippen LogP contribution in [0.1, 0.15) is 57.9 Å². The van der Waals surface area contributed by atoms with Crippen molar-refractivity contribution in [2.45, 2.75) is 69.6 Å². The number of nitrogens with zero attached hydrogens (tertiary/aromatic N) is 2. The van der Waals surface area contributed by atoms with E-state index in [0.717, 1.165) is 18.4 Å². The first-order valence-corrected chi connectivity index (χ1v) is 10.3.